The Morgan fingerprint density at radius 1 is 1.91 bits per heavy atom. The standard InChI is InChI=1S/C7H11NO3/c1-3-10-7-4-6(5(2)9)11-8-7/h6H,3-4H2,1-2H3. The molecule has 1 aliphatic heterocycles. The smallest absolute Gasteiger partial charge is 0.229 e. The zero-order valence-corrected chi connectivity index (χ0v) is 6.66. The molecule has 0 aliphatic carbocycles. The fourth-order valence-corrected chi connectivity index (χ4v) is 0.825. The molecule has 0 fully saturated rings. The average Bonchev–Trinajstić information content (AvgIpc) is 2.37. The van der Waals surface area contributed by atoms with Crippen molar-refractivity contribution in [3.63, 3.8) is 0 Å². The number of nitrogens with zero attached hydrogens (tertiary/aromatic N) is 1. The van der Waals surface area contributed by atoms with Crippen LogP contribution in [-0.2, 0) is 14.4 Å². The number of hydrogen-bond acceptors (Lipinski definition) is 4. The average molecular weight is 157 g/mol. The van der Waals surface area contributed by atoms with Crippen LogP contribution in [0.5, 0.6) is 0 Å². The van der Waals surface area contributed by atoms with Gasteiger partial charge in [0.25, 0.3) is 0 Å². The summed E-state index contributed by atoms with van der Waals surface area (Å²) in [5.41, 5.74) is 0. The van der Waals surface area contributed by atoms with Gasteiger partial charge >= 0.3 is 0 Å². The van der Waals surface area contributed by atoms with E-state index in [4.69, 9.17) is 9.57 Å². The van der Waals surface area contributed by atoms with Gasteiger partial charge in [0.05, 0.1) is 13.0 Å². The second-order valence-corrected chi connectivity index (χ2v) is 2.33. The lowest BCUT2D eigenvalue weighted by molar-refractivity contribution is -0.126. The molecule has 0 saturated carbocycles. The van der Waals surface area contributed by atoms with E-state index in [-0.39, 0.29) is 5.78 Å². The van der Waals surface area contributed by atoms with Crippen molar-refractivity contribution in [1.82, 2.24) is 0 Å². The van der Waals surface area contributed by atoms with Crippen molar-refractivity contribution in [3.8, 4) is 0 Å². The maximum atomic E-state index is 10.7. The van der Waals surface area contributed by atoms with Crippen LogP contribution in [0, 0.1) is 0 Å². The summed E-state index contributed by atoms with van der Waals surface area (Å²) in [5, 5.41) is 3.60. The Hall–Kier alpha value is -1.06. The maximum Gasteiger partial charge on any atom is 0.229 e. The van der Waals surface area contributed by atoms with Gasteiger partial charge in [0, 0.05) is 0 Å². The molecule has 0 radical (unpaired) electrons. The van der Waals surface area contributed by atoms with Crippen LogP contribution in [0.2, 0.25) is 0 Å². The number of ether oxygens (including phenoxy) is 1. The van der Waals surface area contributed by atoms with E-state index in [9.17, 15) is 4.79 Å². The Balaban J connectivity index is 2.36. The van der Waals surface area contributed by atoms with Gasteiger partial charge < -0.3 is 9.57 Å². The van der Waals surface area contributed by atoms with Crippen molar-refractivity contribution < 1.29 is 14.4 Å². The number of hydrogen-bond donors (Lipinski definition) is 0. The molecule has 1 unspecified atom stereocenters. The molecule has 0 spiro atoms. The third-order valence-electron chi connectivity index (χ3n) is 1.41. The Kier molecular flexibility index (Phi) is 2.46. The third kappa shape index (κ3) is 1.93. The fraction of sp³-hybridized carbons (Fsp3) is 0.714. The first-order chi connectivity index (χ1) is 5.24. The molecule has 62 valence electrons. The zero-order chi connectivity index (χ0) is 8.27. The molecule has 0 N–H and O–H groups in total. The van der Waals surface area contributed by atoms with Gasteiger partial charge in [-0.15, -0.1) is 0 Å². The van der Waals surface area contributed by atoms with E-state index in [2.05, 4.69) is 5.16 Å². The van der Waals surface area contributed by atoms with Crippen LogP contribution in [0.15, 0.2) is 5.16 Å². The minimum atomic E-state index is -0.420. The van der Waals surface area contributed by atoms with Crippen LogP contribution in [-0.4, -0.2) is 24.4 Å². The van der Waals surface area contributed by atoms with Gasteiger partial charge in [0.15, 0.2) is 11.9 Å². The van der Waals surface area contributed by atoms with E-state index in [0.717, 1.165) is 0 Å². The fourth-order valence-electron chi connectivity index (χ4n) is 0.825. The number of ketones is 1. The molecule has 0 saturated heterocycles. The molecule has 1 atom stereocenters. The van der Waals surface area contributed by atoms with Gasteiger partial charge in [-0.1, -0.05) is 5.16 Å². The van der Waals surface area contributed by atoms with Crippen molar-refractivity contribution >= 4 is 11.7 Å². The predicted octanol–water partition coefficient (Wildman–Crippen LogP) is 0.714. The minimum absolute atomic E-state index is 0.0107. The van der Waals surface area contributed by atoms with E-state index in [1.807, 2.05) is 6.92 Å². The van der Waals surface area contributed by atoms with Gasteiger partial charge in [0.1, 0.15) is 0 Å². The molecule has 1 aliphatic rings. The minimum Gasteiger partial charge on any atom is -0.479 e. The maximum absolute atomic E-state index is 10.7. The zero-order valence-electron chi connectivity index (χ0n) is 6.66. The summed E-state index contributed by atoms with van der Waals surface area (Å²) < 4.78 is 5.06. The van der Waals surface area contributed by atoms with Crippen LogP contribution < -0.4 is 0 Å². The largest absolute Gasteiger partial charge is 0.479 e. The second kappa shape index (κ2) is 3.37. The predicted molar refractivity (Wildman–Crippen MR) is 39.2 cm³/mol. The van der Waals surface area contributed by atoms with Crippen LogP contribution in [0.25, 0.3) is 0 Å². The lowest BCUT2D eigenvalue weighted by Gasteiger charge is -2.00. The van der Waals surface area contributed by atoms with Crippen molar-refractivity contribution in [2.24, 2.45) is 5.16 Å². The Bertz CT molecular complexity index is 188. The molecule has 0 amide bonds. The van der Waals surface area contributed by atoms with Crippen LogP contribution in [0.3, 0.4) is 0 Å². The lowest BCUT2D eigenvalue weighted by Crippen LogP contribution is -2.17. The molecular formula is C7H11NO3. The molecule has 1 rings (SSSR count). The summed E-state index contributed by atoms with van der Waals surface area (Å²) >= 11 is 0. The monoisotopic (exact) mass is 157 g/mol. The van der Waals surface area contributed by atoms with Gasteiger partial charge in [0.2, 0.25) is 5.90 Å². The SMILES string of the molecule is CCOC1=NOC(C(C)=O)C1. The highest BCUT2D eigenvalue weighted by Crippen LogP contribution is 2.11. The number of oxime groups is 1. The molecule has 0 aromatic heterocycles. The third-order valence-corrected chi connectivity index (χ3v) is 1.41. The van der Waals surface area contributed by atoms with Gasteiger partial charge in [-0.3, -0.25) is 4.79 Å². The Morgan fingerprint density at radius 3 is 3.09 bits per heavy atom. The lowest BCUT2D eigenvalue weighted by atomic mass is 10.2. The summed E-state index contributed by atoms with van der Waals surface area (Å²) in [5.74, 6) is 0.510. The number of carbonyl (C=O) groups excluding carboxylic acids is 1. The van der Waals surface area contributed by atoms with Gasteiger partial charge in [-0.25, -0.2) is 0 Å². The summed E-state index contributed by atoms with van der Waals surface area (Å²) in [6.45, 7) is 3.91. The first-order valence-electron chi connectivity index (χ1n) is 3.60. The summed E-state index contributed by atoms with van der Waals surface area (Å²) in [4.78, 5) is 15.5. The number of carbonyl (C=O) groups is 1. The van der Waals surface area contributed by atoms with Crippen LogP contribution in [0.4, 0.5) is 0 Å². The number of Topliss-reactive ketones (excluding diaryl/α,β-unsaturated/α-hetero) is 1. The molecule has 0 aromatic rings. The molecule has 11 heavy (non-hydrogen) atoms. The quantitative estimate of drug-likeness (QED) is 0.593. The normalized spacial score (nSPS) is 22.4. The highest BCUT2D eigenvalue weighted by atomic mass is 16.7. The van der Waals surface area contributed by atoms with Gasteiger partial charge in [-0.05, 0) is 13.8 Å². The van der Waals surface area contributed by atoms with Crippen LogP contribution >= 0.6 is 0 Å². The Morgan fingerprint density at radius 2 is 2.64 bits per heavy atom. The molecule has 4 heteroatoms. The van der Waals surface area contributed by atoms with Crippen LogP contribution in [0.1, 0.15) is 20.3 Å². The van der Waals surface area contributed by atoms with Crippen molar-refractivity contribution in [1.29, 1.82) is 0 Å². The van der Waals surface area contributed by atoms with E-state index < -0.39 is 6.10 Å². The van der Waals surface area contributed by atoms with Gasteiger partial charge in [-0.2, -0.15) is 0 Å². The molecule has 0 aromatic carbocycles. The Labute approximate surface area is 65.2 Å². The first-order valence-corrected chi connectivity index (χ1v) is 3.60. The number of rotatable bonds is 2. The van der Waals surface area contributed by atoms with Crippen molar-refractivity contribution in [3.05, 3.63) is 0 Å². The van der Waals surface area contributed by atoms with E-state index in [1.165, 1.54) is 6.92 Å². The summed E-state index contributed by atoms with van der Waals surface area (Å²) in [7, 11) is 0. The summed E-state index contributed by atoms with van der Waals surface area (Å²) in [6.07, 6.45) is 0.0555. The first kappa shape index (κ1) is 8.04. The second-order valence-electron chi connectivity index (χ2n) is 2.33. The topological polar surface area (TPSA) is 47.9 Å². The van der Waals surface area contributed by atoms with Crippen molar-refractivity contribution in [2.75, 3.05) is 6.61 Å². The van der Waals surface area contributed by atoms with E-state index >= 15 is 0 Å². The highest BCUT2D eigenvalue weighted by molar-refractivity contribution is 5.88. The molecular weight excluding hydrogens is 146 g/mol. The van der Waals surface area contributed by atoms with Crippen molar-refractivity contribution in [2.45, 2.75) is 26.4 Å². The van der Waals surface area contributed by atoms with E-state index in [1.54, 1.807) is 0 Å². The molecule has 1 heterocycles. The molecule has 4 nitrogen and oxygen atoms in total. The highest BCUT2D eigenvalue weighted by Gasteiger charge is 2.25. The molecule has 0 bridgehead atoms. The van der Waals surface area contributed by atoms with E-state index in [0.29, 0.717) is 18.9 Å². The summed E-state index contributed by atoms with van der Waals surface area (Å²) in [6, 6.07) is 0.